The second-order valence-electron chi connectivity index (χ2n) is 3.88. The Morgan fingerprint density at radius 2 is 2.19 bits per heavy atom. The molecule has 0 aliphatic rings. The predicted octanol–water partition coefficient (Wildman–Crippen LogP) is -0.124. The number of aromatic nitrogens is 2. The quantitative estimate of drug-likeness (QED) is 0.730. The third kappa shape index (κ3) is 2.44. The number of amides is 1. The molecule has 16 heavy (non-hydrogen) atoms. The summed E-state index contributed by atoms with van der Waals surface area (Å²) < 4.78 is 1.68. The Morgan fingerprint density at radius 3 is 2.69 bits per heavy atom. The molecule has 0 saturated heterocycles. The van der Waals surface area contributed by atoms with Gasteiger partial charge in [-0.2, -0.15) is 5.10 Å². The minimum absolute atomic E-state index is 0.134. The number of nitrogens with zero attached hydrogens (tertiary/aromatic N) is 3. The first kappa shape index (κ1) is 12.4. The Morgan fingerprint density at radius 1 is 1.56 bits per heavy atom. The molecule has 6 nitrogen and oxygen atoms in total. The highest BCUT2D eigenvalue weighted by Gasteiger charge is 2.17. The van der Waals surface area contributed by atoms with E-state index in [1.165, 1.54) is 0 Å². The molecule has 0 unspecified atom stereocenters. The second kappa shape index (κ2) is 4.87. The zero-order valence-corrected chi connectivity index (χ0v) is 10.0. The van der Waals surface area contributed by atoms with Crippen LogP contribution in [0.5, 0.6) is 0 Å². The van der Waals surface area contributed by atoms with E-state index in [9.17, 15) is 4.79 Å². The van der Waals surface area contributed by atoms with E-state index in [1.54, 1.807) is 16.6 Å². The van der Waals surface area contributed by atoms with Crippen molar-refractivity contribution >= 4 is 17.4 Å². The molecule has 1 aromatic rings. The smallest absolute Gasteiger partial charge is 0.236 e. The van der Waals surface area contributed by atoms with Gasteiger partial charge in [0.05, 0.1) is 17.9 Å². The van der Waals surface area contributed by atoms with E-state index in [0.717, 1.165) is 24.4 Å². The number of carbonyl (C=O) groups excluding carboxylic acids is 1. The number of nitrogens with two attached hydrogens (primary N) is 2. The molecule has 0 bridgehead atoms. The molecule has 4 N–H and O–H groups in total. The highest BCUT2D eigenvalue weighted by Crippen LogP contribution is 2.25. The van der Waals surface area contributed by atoms with Gasteiger partial charge in [-0.25, -0.2) is 0 Å². The molecule has 0 aliphatic carbocycles. The largest absolute Gasteiger partial charge is 0.394 e. The van der Waals surface area contributed by atoms with E-state index < -0.39 is 0 Å². The van der Waals surface area contributed by atoms with Crippen LogP contribution in [0, 0.1) is 0 Å². The SMILES string of the molecule is CCCc1nn(C)c(N(C)CC(N)=O)c1N. The van der Waals surface area contributed by atoms with Gasteiger partial charge in [0.2, 0.25) is 5.91 Å². The van der Waals surface area contributed by atoms with Gasteiger partial charge in [0, 0.05) is 14.1 Å². The molecule has 0 aliphatic heterocycles. The summed E-state index contributed by atoms with van der Waals surface area (Å²) >= 11 is 0. The molecule has 0 radical (unpaired) electrons. The Bertz CT molecular complexity index is 385. The molecular formula is C10H19N5O. The first-order chi connectivity index (χ1) is 7.47. The zero-order valence-electron chi connectivity index (χ0n) is 10.0. The molecule has 0 atom stereocenters. The summed E-state index contributed by atoms with van der Waals surface area (Å²) in [6.45, 7) is 2.20. The second-order valence-corrected chi connectivity index (χ2v) is 3.88. The summed E-state index contributed by atoms with van der Waals surface area (Å²) in [5.74, 6) is 0.349. The van der Waals surface area contributed by atoms with Gasteiger partial charge in [-0.3, -0.25) is 9.48 Å². The standard InChI is InChI=1S/C10H19N5O/c1-4-5-7-9(12)10(15(3)13-7)14(2)6-8(11)16/h4-6,12H2,1-3H3,(H2,11,16). The lowest BCUT2D eigenvalue weighted by molar-refractivity contribution is -0.116. The fourth-order valence-electron chi connectivity index (χ4n) is 1.77. The number of carbonyl (C=O) groups is 1. The summed E-state index contributed by atoms with van der Waals surface area (Å²) in [4.78, 5) is 12.6. The first-order valence-electron chi connectivity index (χ1n) is 5.28. The zero-order chi connectivity index (χ0) is 12.3. The molecular weight excluding hydrogens is 206 g/mol. The minimum Gasteiger partial charge on any atom is -0.394 e. The molecule has 1 rings (SSSR count). The van der Waals surface area contributed by atoms with Crippen LogP contribution in [0.1, 0.15) is 19.0 Å². The summed E-state index contributed by atoms with van der Waals surface area (Å²) in [6, 6.07) is 0. The van der Waals surface area contributed by atoms with Crippen molar-refractivity contribution in [2.75, 3.05) is 24.2 Å². The van der Waals surface area contributed by atoms with Crippen molar-refractivity contribution in [2.45, 2.75) is 19.8 Å². The van der Waals surface area contributed by atoms with Gasteiger partial charge in [0.25, 0.3) is 0 Å². The minimum atomic E-state index is -0.389. The summed E-state index contributed by atoms with van der Waals surface area (Å²) in [7, 11) is 3.58. The molecule has 1 heterocycles. The maximum atomic E-state index is 10.8. The lowest BCUT2D eigenvalue weighted by Gasteiger charge is -2.17. The highest BCUT2D eigenvalue weighted by molar-refractivity contribution is 5.80. The van der Waals surface area contributed by atoms with Gasteiger partial charge >= 0.3 is 0 Å². The van der Waals surface area contributed by atoms with Crippen LogP contribution in [0.15, 0.2) is 0 Å². The topological polar surface area (TPSA) is 90.2 Å². The summed E-state index contributed by atoms with van der Waals surface area (Å²) in [6.07, 6.45) is 1.82. The molecule has 1 aromatic heterocycles. The number of rotatable bonds is 5. The number of hydrogen-bond acceptors (Lipinski definition) is 4. The van der Waals surface area contributed by atoms with Crippen LogP contribution in [0.25, 0.3) is 0 Å². The molecule has 0 fully saturated rings. The predicted molar refractivity (Wildman–Crippen MR) is 64.1 cm³/mol. The van der Waals surface area contributed by atoms with E-state index in [0.29, 0.717) is 5.69 Å². The molecule has 0 saturated carbocycles. The van der Waals surface area contributed by atoms with Crippen LogP contribution in [0.2, 0.25) is 0 Å². The Kier molecular flexibility index (Phi) is 3.76. The van der Waals surface area contributed by atoms with Crippen molar-refractivity contribution in [1.29, 1.82) is 0 Å². The fraction of sp³-hybridized carbons (Fsp3) is 0.600. The number of hydrogen-bond donors (Lipinski definition) is 2. The lowest BCUT2D eigenvalue weighted by Crippen LogP contribution is -2.32. The van der Waals surface area contributed by atoms with Crippen LogP contribution in [-0.4, -0.2) is 29.3 Å². The molecule has 0 spiro atoms. The number of likely N-dealkylation sites (N-methyl/N-ethyl adjacent to an activating group) is 1. The van der Waals surface area contributed by atoms with E-state index in [4.69, 9.17) is 11.5 Å². The van der Waals surface area contributed by atoms with Crippen LogP contribution < -0.4 is 16.4 Å². The van der Waals surface area contributed by atoms with Crippen molar-refractivity contribution in [3.8, 4) is 0 Å². The lowest BCUT2D eigenvalue weighted by atomic mass is 10.2. The van der Waals surface area contributed by atoms with E-state index in [1.807, 2.05) is 7.05 Å². The van der Waals surface area contributed by atoms with E-state index >= 15 is 0 Å². The molecule has 0 aromatic carbocycles. The Labute approximate surface area is 95.2 Å². The highest BCUT2D eigenvalue weighted by atomic mass is 16.1. The Balaban J connectivity index is 2.99. The van der Waals surface area contributed by atoms with Gasteiger partial charge in [-0.15, -0.1) is 0 Å². The van der Waals surface area contributed by atoms with Crippen LogP contribution >= 0.6 is 0 Å². The van der Waals surface area contributed by atoms with Gasteiger partial charge < -0.3 is 16.4 Å². The first-order valence-corrected chi connectivity index (χ1v) is 5.28. The van der Waals surface area contributed by atoms with Gasteiger partial charge in [-0.05, 0) is 6.42 Å². The summed E-state index contributed by atoms with van der Waals surface area (Å²) in [5, 5.41) is 4.33. The average Bonchev–Trinajstić information content (AvgIpc) is 2.41. The Hall–Kier alpha value is -1.72. The van der Waals surface area contributed by atoms with Crippen molar-refractivity contribution in [3.05, 3.63) is 5.69 Å². The number of primary amides is 1. The van der Waals surface area contributed by atoms with Gasteiger partial charge in [0.1, 0.15) is 0 Å². The average molecular weight is 225 g/mol. The number of anilines is 2. The monoisotopic (exact) mass is 225 g/mol. The fourth-order valence-corrected chi connectivity index (χ4v) is 1.77. The molecule has 1 amide bonds. The third-order valence-corrected chi connectivity index (χ3v) is 2.37. The van der Waals surface area contributed by atoms with Crippen molar-refractivity contribution in [3.63, 3.8) is 0 Å². The normalized spacial score (nSPS) is 10.4. The molecule has 90 valence electrons. The van der Waals surface area contributed by atoms with Crippen LogP contribution in [-0.2, 0) is 18.3 Å². The van der Waals surface area contributed by atoms with Gasteiger partial charge in [0.15, 0.2) is 5.82 Å². The van der Waals surface area contributed by atoms with Crippen LogP contribution in [0.4, 0.5) is 11.5 Å². The number of aryl methyl sites for hydroxylation is 2. The van der Waals surface area contributed by atoms with Crippen LogP contribution in [0.3, 0.4) is 0 Å². The van der Waals surface area contributed by atoms with E-state index in [2.05, 4.69) is 12.0 Å². The van der Waals surface area contributed by atoms with Crippen molar-refractivity contribution < 1.29 is 4.79 Å². The maximum Gasteiger partial charge on any atom is 0.236 e. The third-order valence-electron chi connectivity index (χ3n) is 2.37. The number of nitrogen functional groups attached to an aromatic ring is 1. The summed E-state index contributed by atoms with van der Waals surface area (Å²) in [5.41, 5.74) is 12.6. The van der Waals surface area contributed by atoms with Crippen molar-refractivity contribution in [1.82, 2.24) is 9.78 Å². The molecule has 6 heteroatoms. The van der Waals surface area contributed by atoms with E-state index in [-0.39, 0.29) is 12.5 Å². The van der Waals surface area contributed by atoms with Crippen molar-refractivity contribution in [2.24, 2.45) is 12.8 Å². The van der Waals surface area contributed by atoms with Gasteiger partial charge in [-0.1, -0.05) is 13.3 Å². The maximum absolute atomic E-state index is 10.8.